The Kier molecular flexibility index (Phi) is 7.05. The van der Waals surface area contributed by atoms with Crippen molar-refractivity contribution in [2.24, 2.45) is 0 Å². The van der Waals surface area contributed by atoms with Gasteiger partial charge in [-0.2, -0.15) is 0 Å². The van der Waals surface area contributed by atoms with Crippen LogP contribution in [0.5, 0.6) is 0 Å². The normalized spacial score (nSPS) is 11.5. The second-order valence-corrected chi connectivity index (χ2v) is 5.75. The molecule has 0 saturated carbocycles. The lowest BCUT2D eigenvalue weighted by Crippen LogP contribution is -2.31. The van der Waals surface area contributed by atoms with Crippen molar-refractivity contribution in [3.05, 3.63) is 78.1 Å². The van der Waals surface area contributed by atoms with E-state index < -0.39 is 11.9 Å². The lowest BCUT2D eigenvalue weighted by molar-refractivity contribution is -0.122. The molecule has 0 spiro atoms. The molecule has 2 aromatic carbocycles. The van der Waals surface area contributed by atoms with Crippen molar-refractivity contribution in [1.82, 2.24) is 5.32 Å². The van der Waals surface area contributed by atoms with E-state index in [-0.39, 0.29) is 24.8 Å². The number of hydrogen-bond donors (Lipinski definition) is 3. The molecule has 0 radical (unpaired) electrons. The highest BCUT2D eigenvalue weighted by atomic mass is 19.1. The Morgan fingerprint density at radius 1 is 1.19 bits per heavy atom. The zero-order valence-corrected chi connectivity index (χ0v) is 14.2. The SMILES string of the molecule is C=CC(=O)Nc1ccc(CCC(=O)NC(CO)c2cccc(F)c2)cc1. The summed E-state index contributed by atoms with van der Waals surface area (Å²) in [6, 6.07) is 12.3. The van der Waals surface area contributed by atoms with Gasteiger partial charge in [-0.05, 0) is 47.9 Å². The number of rotatable bonds is 8. The Bertz CT molecular complexity index is 775. The highest BCUT2D eigenvalue weighted by Gasteiger charge is 2.14. The van der Waals surface area contributed by atoms with E-state index in [9.17, 15) is 19.1 Å². The number of halogens is 1. The maximum Gasteiger partial charge on any atom is 0.247 e. The Hall–Kier alpha value is -2.99. The van der Waals surface area contributed by atoms with Gasteiger partial charge >= 0.3 is 0 Å². The van der Waals surface area contributed by atoms with Gasteiger partial charge < -0.3 is 15.7 Å². The minimum absolute atomic E-state index is 0.226. The Balaban J connectivity index is 1.87. The molecule has 0 heterocycles. The fourth-order valence-corrected chi connectivity index (χ4v) is 2.43. The van der Waals surface area contributed by atoms with E-state index in [1.54, 1.807) is 18.2 Å². The molecule has 1 unspecified atom stereocenters. The summed E-state index contributed by atoms with van der Waals surface area (Å²) in [5, 5.41) is 14.8. The predicted molar refractivity (Wildman–Crippen MR) is 98.0 cm³/mol. The van der Waals surface area contributed by atoms with Crippen LogP contribution in [0.3, 0.4) is 0 Å². The number of carbonyl (C=O) groups excluding carboxylic acids is 2. The number of benzene rings is 2. The van der Waals surface area contributed by atoms with Gasteiger partial charge in [0.25, 0.3) is 0 Å². The Labute approximate surface area is 151 Å². The third-order valence-corrected chi connectivity index (χ3v) is 3.82. The zero-order chi connectivity index (χ0) is 18.9. The number of hydrogen-bond acceptors (Lipinski definition) is 3. The summed E-state index contributed by atoms with van der Waals surface area (Å²) in [5.41, 5.74) is 2.10. The number of aryl methyl sites for hydroxylation is 1. The first-order chi connectivity index (χ1) is 12.5. The molecule has 0 saturated heterocycles. The van der Waals surface area contributed by atoms with Gasteiger partial charge in [0, 0.05) is 12.1 Å². The second-order valence-electron chi connectivity index (χ2n) is 5.75. The van der Waals surface area contributed by atoms with Crippen LogP contribution in [0.1, 0.15) is 23.6 Å². The van der Waals surface area contributed by atoms with E-state index in [0.29, 0.717) is 17.7 Å². The van der Waals surface area contributed by atoms with E-state index in [1.807, 2.05) is 12.1 Å². The molecule has 26 heavy (non-hydrogen) atoms. The summed E-state index contributed by atoms with van der Waals surface area (Å²) in [7, 11) is 0. The highest BCUT2D eigenvalue weighted by molar-refractivity contribution is 5.98. The monoisotopic (exact) mass is 356 g/mol. The van der Waals surface area contributed by atoms with E-state index >= 15 is 0 Å². The van der Waals surface area contributed by atoms with Crippen LogP contribution in [-0.4, -0.2) is 23.5 Å². The van der Waals surface area contributed by atoms with Gasteiger partial charge in [-0.3, -0.25) is 9.59 Å². The minimum atomic E-state index is -0.644. The largest absolute Gasteiger partial charge is 0.394 e. The molecule has 0 aliphatic heterocycles. The minimum Gasteiger partial charge on any atom is -0.394 e. The topological polar surface area (TPSA) is 78.4 Å². The third kappa shape index (κ3) is 5.82. The molecule has 0 fully saturated rings. The van der Waals surface area contributed by atoms with Crippen LogP contribution in [0.15, 0.2) is 61.2 Å². The van der Waals surface area contributed by atoms with Crippen molar-refractivity contribution in [1.29, 1.82) is 0 Å². The lowest BCUT2D eigenvalue weighted by atomic mass is 10.1. The average molecular weight is 356 g/mol. The molecule has 0 aliphatic rings. The molecule has 3 N–H and O–H groups in total. The average Bonchev–Trinajstić information content (AvgIpc) is 2.65. The summed E-state index contributed by atoms with van der Waals surface area (Å²) in [4.78, 5) is 23.3. The summed E-state index contributed by atoms with van der Waals surface area (Å²) >= 11 is 0. The second kappa shape index (κ2) is 9.48. The zero-order valence-electron chi connectivity index (χ0n) is 14.2. The van der Waals surface area contributed by atoms with Crippen molar-refractivity contribution >= 4 is 17.5 Å². The first-order valence-corrected chi connectivity index (χ1v) is 8.20. The molecule has 0 aliphatic carbocycles. The fourth-order valence-electron chi connectivity index (χ4n) is 2.43. The van der Waals surface area contributed by atoms with Crippen LogP contribution in [-0.2, 0) is 16.0 Å². The van der Waals surface area contributed by atoms with E-state index in [1.165, 1.54) is 24.3 Å². The van der Waals surface area contributed by atoms with Crippen molar-refractivity contribution in [3.8, 4) is 0 Å². The van der Waals surface area contributed by atoms with Crippen molar-refractivity contribution in [2.75, 3.05) is 11.9 Å². The fraction of sp³-hybridized carbons (Fsp3) is 0.200. The van der Waals surface area contributed by atoms with Crippen molar-refractivity contribution in [3.63, 3.8) is 0 Å². The van der Waals surface area contributed by atoms with Gasteiger partial charge in [0.15, 0.2) is 0 Å². The van der Waals surface area contributed by atoms with Gasteiger partial charge in [0.2, 0.25) is 11.8 Å². The number of aliphatic hydroxyl groups excluding tert-OH is 1. The van der Waals surface area contributed by atoms with Crippen LogP contribution < -0.4 is 10.6 Å². The van der Waals surface area contributed by atoms with Gasteiger partial charge in [0.1, 0.15) is 5.82 Å². The maximum absolute atomic E-state index is 13.3. The van der Waals surface area contributed by atoms with Crippen molar-refractivity contribution < 1.29 is 19.1 Å². The number of anilines is 1. The summed E-state index contributed by atoms with van der Waals surface area (Å²) in [6.45, 7) is 3.07. The van der Waals surface area contributed by atoms with E-state index in [0.717, 1.165) is 5.56 Å². The Morgan fingerprint density at radius 2 is 1.92 bits per heavy atom. The smallest absolute Gasteiger partial charge is 0.247 e. The van der Waals surface area contributed by atoms with Gasteiger partial charge in [-0.15, -0.1) is 0 Å². The molecule has 2 rings (SSSR count). The standard InChI is InChI=1S/C20H21FN2O3/c1-2-19(25)22-17-9-6-14(7-10-17)8-11-20(26)23-18(13-24)15-4-3-5-16(21)12-15/h2-7,9-10,12,18,24H,1,8,11,13H2,(H,22,25)(H,23,26). The number of amides is 2. The van der Waals surface area contributed by atoms with Crippen LogP contribution >= 0.6 is 0 Å². The highest BCUT2D eigenvalue weighted by Crippen LogP contribution is 2.15. The first-order valence-electron chi connectivity index (χ1n) is 8.20. The summed E-state index contributed by atoms with van der Waals surface area (Å²) in [6.07, 6.45) is 1.92. The molecule has 6 heteroatoms. The van der Waals surface area contributed by atoms with E-state index in [4.69, 9.17) is 0 Å². The number of nitrogens with one attached hydrogen (secondary N) is 2. The third-order valence-electron chi connectivity index (χ3n) is 3.82. The molecular weight excluding hydrogens is 335 g/mol. The molecule has 1 atom stereocenters. The molecule has 136 valence electrons. The summed E-state index contributed by atoms with van der Waals surface area (Å²) in [5.74, 6) is -0.944. The van der Waals surface area contributed by atoms with Crippen LogP contribution in [0, 0.1) is 5.82 Å². The number of aliphatic hydroxyl groups is 1. The van der Waals surface area contributed by atoms with Crippen LogP contribution in [0.25, 0.3) is 0 Å². The van der Waals surface area contributed by atoms with Crippen molar-refractivity contribution in [2.45, 2.75) is 18.9 Å². The number of carbonyl (C=O) groups is 2. The molecule has 5 nitrogen and oxygen atoms in total. The lowest BCUT2D eigenvalue weighted by Gasteiger charge is -2.17. The van der Waals surface area contributed by atoms with Gasteiger partial charge in [-0.1, -0.05) is 30.8 Å². The molecule has 2 aromatic rings. The van der Waals surface area contributed by atoms with Gasteiger partial charge in [0.05, 0.1) is 12.6 Å². The Morgan fingerprint density at radius 3 is 2.54 bits per heavy atom. The molecular formula is C20H21FN2O3. The van der Waals surface area contributed by atoms with Crippen LogP contribution in [0.4, 0.5) is 10.1 Å². The molecule has 2 amide bonds. The molecule has 0 aromatic heterocycles. The first kappa shape index (κ1) is 19.3. The van der Waals surface area contributed by atoms with Gasteiger partial charge in [-0.25, -0.2) is 4.39 Å². The quantitative estimate of drug-likeness (QED) is 0.637. The predicted octanol–water partition coefficient (Wildman–Crippen LogP) is 2.73. The summed E-state index contributed by atoms with van der Waals surface area (Å²) < 4.78 is 13.3. The van der Waals surface area contributed by atoms with E-state index in [2.05, 4.69) is 17.2 Å². The van der Waals surface area contributed by atoms with Crippen LogP contribution in [0.2, 0.25) is 0 Å². The molecule has 0 bridgehead atoms. The maximum atomic E-state index is 13.3.